The van der Waals surface area contributed by atoms with Crippen molar-refractivity contribution in [2.24, 2.45) is 0 Å². The minimum atomic E-state index is 0.830. The van der Waals surface area contributed by atoms with E-state index in [1.807, 2.05) is 12.1 Å². The first-order valence-corrected chi connectivity index (χ1v) is 18.0. The average Bonchev–Trinajstić information content (AvgIpc) is 3.80. The number of para-hydroxylation sites is 3. The minimum Gasteiger partial charge on any atom is -0.455 e. The highest BCUT2D eigenvalue weighted by molar-refractivity contribution is 6.23. The number of hydrogen-bond acceptors (Lipinski definition) is 3. The highest BCUT2D eigenvalue weighted by atomic mass is 16.3. The fourth-order valence-electron chi connectivity index (χ4n) is 8.15. The first-order valence-electron chi connectivity index (χ1n) is 18.0. The monoisotopic (exact) mass is 677 g/mol. The number of rotatable bonds is 5. The molecule has 0 fully saturated rings. The van der Waals surface area contributed by atoms with Crippen LogP contribution in [-0.2, 0) is 0 Å². The van der Waals surface area contributed by atoms with E-state index in [2.05, 4.69) is 181 Å². The number of fused-ring (bicyclic) bond motifs is 8. The normalized spacial score (nSPS) is 11.8. The van der Waals surface area contributed by atoms with Gasteiger partial charge < -0.3 is 13.7 Å². The molecule has 0 bridgehead atoms. The van der Waals surface area contributed by atoms with Crippen molar-refractivity contribution in [3.05, 3.63) is 188 Å². The van der Waals surface area contributed by atoms with Crippen molar-refractivity contribution in [2.75, 3.05) is 4.90 Å². The second-order valence-corrected chi connectivity index (χ2v) is 13.7. The topological polar surface area (TPSA) is 29.5 Å². The summed E-state index contributed by atoms with van der Waals surface area (Å²) in [5, 5.41) is 8.99. The SMILES string of the molecule is c1ccc(-c2ccc(N(c3ccc4ccccc4c3)c3cccc4c3oc3c(-c5cccc6c5oc5ccccc56)c5ccccc5cc34)cc2)cc1. The van der Waals surface area contributed by atoms with Crippen LogP contribution in [0.1, 0.15) is 0 Å². The Bertz CT molecular complexity index is 3170. The first-order chi connectivity index (χ1) is 26.3. The van der Waals surface area contributed by atoms with Crippen LogP contribution in [0.15, 0.2) is 197 Å². The van der Waals surface area contributed by atoms with E-state index in [1.165, 1.54) is 21.9 Å². The first kappa shape index (κ1) is 29.6. The molecule has 11 aromatic rings. The van der Waals surface area contributed by atoms with Crippen LogP contribution >= 0.6 is 0 Å². The van der Waals surface area contributed by atoms with Crippen molar-refractivity contribution in [1.82, 2.24) is 0 Å². The van der Waals surface area contributed by atoms with Crippen molar-refractivity contribution in [3.8, 4) is 22.3 Å². The number of furan rings is 2. The second kappa shape index (κ2) is 11.7. The van der Waals surface area contributed by atoms with Gasteiger partial charge in [-0.1, -0.05) is 146 Å². The summed E-state index contributed by atoms with van der Waals surface area (Å²) >= 11 is 0. The minimum absolute atomic E-state index is 0.830. The molecule has 11 rings (SSSR count). The van der Waals surface area contributed by atoms with E-state index in [4.69, 9.17) is 8.83 Å². The van der Waals surface area contributed by atoms with Crippen LogP contribution in [0.2, 0.25) is 0 Å². The van der Waals surface area contributed by atoms with Crippen LogP contribution in [0.4, 0.5) is 17.1 Å². The lowest BCUT2D eigenvalue weighted by atomic mass is 9.94. The van der Waals surface area contributed by atoms with Crippen LogP contribution < -0.4 is 4.90 Å². The molecule has 3 heteroatoms. The molecule has 0 aliphatic heterocycles. The van der Waals surface area contributed by atoms with E-state index >= 15 is 0 Å². The summed E-state index contributed by atoms with van der Waals surface area (Å²) in [5.74, 6) is 0. The fraction of sp³-hybridized carbons (Fsp3) is 0. The van der Waals surface area contributed by atoms with Gasteiger partial charge in [0.1, 0.15) is 16.7 Å². The third kappa shape index (κ3) is 4.68. The molecule has 9 aromatic carbocycles. The molecule has 0 spiro atoms. The fourth-order valence-corrected chi connectivity index (χ4v) is 8.15. The summed E-state index contributed by atoms with van der Waals surface area (Å²) in [6.45, 7) is 0. The van der Waals surface area contributed by atoms with Crippen molar-refractivity contribution >= 4 is 82.5 Å². The van der Waals surface area contributed by atoms with E-state index in [9.17, 15) is 0 Å². The zero-order valence-electron chi connectivity index (χ0n) is 28.7. The zero-order chi connectivity index (χ0) is 34.9. The molecule has 0 aliphatic rings. The molecular weight excluding hydrogens is 647 g/mol. The van der Waals surface area contributed by atoms with E-state index in [-0.39, 0.29) is 0 Å². The molecule has 0 N–H and O–H groups in total. The maximum atomic E-state index is 7.22. The molecule has 248 valence electrons. The molecule has 53 heavy (non-hydrogen) atoms. The molecular formula is C50H31NO2. The van der Waals surface area contributed by atoms with Crippen LogP contribution in [0.25, 0.3) is 87.7 Å². The number of anilines is 3. The van der Waals surface area contributed by atoms with E-state index in [0.29, 0.717) is 0 Å². The molecule has 0 saturated carbocycles. The Hall–Kier alpha value is -7.10. The quantitative estimate of drug-likeness (QED) is 0.182. The van der Waals surface area contributed by atoms with Gasteiger partial charge in [0, 0.05) is 44.0 Å². The van der Waals surface area contributed by atoms with Gasteiger partial charge in [-0.15, -0.1) is 0 Å². The highest BCUT2D eigenvalue weighted by Crippen LogP contribution is 2.48. The summed E-state index contributed by atoms with van der Waals surface area (Å²) in [7, 11) is 0. The molecule has 2 heterocycles. The Morgan fingerprint density at radius 3 is 1.83 bits per heavy atom. The summed E-state index contributed by atoms with van der Waals surface area (Å²) in [4.78, 5) is 2.32. The maximum Gasteiger partial charge on any atom is 0.159 e. The van der Waals surface area contributed by atoms with Gasteiger partial charge in [-0.05, 0) is 75.1 Å². The molecule has 0 atom stereocenters. The van der Waals surface area contributed by atoms with Gasteiger partial charge in [-0.25, -0.2) is 0 Å². The molecule has 0 radical (unpaired) electrons. The summed E-state index contributed by atoms with van der Waals surface area (Å²) in [6, 6.07) is 66.6. The lowest BCUT2D eigenvalue weighted by Crippen LogP contribution is -2.10. The molecule has 0 saturated heterocycles. The maximum absolute atomic E-state index is 7.22. The van der Waals surface area contributed by atoms with Gasteiger partial charge in [-0.3, -0.25) is 0 Å². The zero-order valence-corrected chi connectivity index (χ0v) is 28.7. The summed E-state index contributed by atoms with van der Waals surface area (Å²) in [6.07, 6.45) is 0. The lowest BCUT2D eigenvalue weighted by Gasteiger charge is -2.26. The van der Waals surface area contributed by atoms with E-state index in [1.54, 1.807) is 0 Å². The van der Waals surface area contributed by atoms with Gasteiger partial charge in [0.05, 0.1) is 5.69 Å². The lowest BCUT2D eigenvalue weighted by molar-refractivity contribution is 0.665. The van der Waals surface area contributed by atoms with Crippen molar-refractivity contribution in [2.45, 2.75) is 0 Å². The van der Waals surface area contributed by atoms with Gasteiger partial charge in [0.25, 0.3) is 0 Å². The predicted octanol–water partition coefficient (Wildman–Crippen LogP) is 14.6. The molecule has 3 nitrogen and oxygen atoms in total. The predicted molar refractivity (Wildman–Crippen MR) is 222 cm³/mol. The van der Waals surface area contributed by atoms with Crippen LogP contribution in [0.3, 0.4) is 0 Å². The van der Waals surface area contributed by atoms with Crippen LogP contribution in [0.5, 0.6) is 0 Å². The third-order valence-corrected chi connectivity index (χ3v) is 10.6. The van der Waals surface area contributed by atoms with Gasteiger partial charge >= 0.3 is 0 Å². The molecule has 0 unspecified atom stereocenters. The Morgan fingerprint density at radius 2 is 0.981 bits per heavy atom. The van der Waals surface area contributed by atoms with Crippen LogP contribution in [0, 0.1) is 0 Å². The van der Waals surface area contributed by atoms with Crippen molar-refractivity contribution in [3.63, 3.8) is 0 Å². The van der Waals surface area contributed by atoms with Crippen molar-refractivity contribution < 1.29 is 8.83 Å². The number of hydrogen-bond donors (Lipinski definition) is 0. The standard InChI is InChI=1S/C50H31NO2/c1-2-12-32(13-3-1)34-24-27-37(28-25-34)51(38-29-26-33-14-4-5-15-35(33)30-38)45-22-11-20-42-44-31-36-16-6-7-17-39(36)47(50(44)53-49(42)45)43-21-10-19-41-40-18-8-9-23-46(40)52-48(41)43/h1-31H. The van der Waals surface area contributed by atoms with Gasteiger partial charge in [0.15, 0.2) is 5.58 Å². The summed E-state index contributed by atoms with van der Waals surface area (Å²) in [5.41, 5.74) is 10.9. The molecule has 2 aromatic heterocycles. The van der Waals surface area contributed by atoms with E-state index in [0.717, 1.165) is 82.8 Å². The van der Waals surface area contributed by atoms with Gasteiger partial charge in [0.2, 0.25) is 0 Å². The Labute approximate surface area is 305 Å². The average molecular weight is 678 g/mol. The largest absolute Gasteiger partial charge is 0.455 e. The molecule has 0 aliphatic carbocycles. The Kier molecular flexibility index (Phi) is 6.55. The number of benzene rings is 9. The van der Waals surface area contributed by atoms with Crippen LogP contribution in [-0.4, -0.2) is 0 Å². The van der Waals surface area contributed by atoms with E-state index < -0.39 is 0 Å². The number of nitrogens with zero attached hydrogens (tertiary/aromatic N) is 1. The molecule has 0 amide bonds. The highest BCUT2D eigenvalue weighted by Gasteiger charge is 2.24. The smallest absolute Gasteiger partial charge is 0.159 e. The Morgan fingerprint density at radius 1 is 0.340 bits per heavy atom. The van der Waals surface area contributed by atoms with Crippen molar-refractivity contribution in [1.29, 1.82) is 0 Å². The second-order valence-electron chi connectivity index (χ2n) is 13.7. The summed E-state index contributed by atoms with van der Waals surface area (Å²) < 4.78 is 13.8. The van der Waals surface area contributed by atoms with Gasteiger partial charge in [-0.2, -0.15) is 0 Å². The third-order valence-electron chi connectivity index (χ3n) is 10.6. The Balaban J connectivity index is 1.19.